The average Bonchev–Trinajstić information content (AvgIpc) is 2.43. The molecule has 1 aliphatic heterocycles. The van der Waals surface area contributed by atoms with E-state index in [-0.39, 0.29) is 0 Å². The van der Waals surface area contributed by atoms with Gasteiger partial charge in [0.25, 0.3) is 0 Å². The Morgan fingerprint density at radius 2 is 2.15 bits per heavy atom. The highest BCUT2D eigenvalue weighted by Gasteiger charge is 2.19. The van der Waals surface area contributed by atoms with E-state index in [1.165, 1.54) is 25.8 Å². The molecule has 5 heteroatoms. The van der Waals surface area contributed by atoms with Crippen LogP contribution in [0.2, 0.25) is 0 Å². The predicted octanol–water partition coefficient (Wildman–Crippen LogP) is 2.22. The van der Waals surface area contributed by atoms with Crippen LogP contribution in [0.1, 0.15) is 44.0 Å². The van der Waals surface area contributed by atoms with Gasteiger partial charge in [-0.15, -0.1) is 0 Å². The summed E-state index contributed by atoms with van der Waals surface area (Å²) >= 11 is 0. The maximum Gasteiger partial charge on any atom is 0.134 e. The number of hydrogen-bond donors (Lipinski definition) is 2. The number of likely N-dealkylation sites (N-methyl/N-ethyl adjacent to an activating group) is 1. The minimum atomic E-state index is 0.592. The Hall–Kier alpha value is -1.36. The van der Waals surface area contributed by atoms with E-state index in [0.717, 1.165) is 36.6 Å². The van der Waals surface area contributed by atoms with E-state index in [2.05, 4.69) is 34.2 Å². The average molecular weight is 277 g/mol. The van der Waals surface area contributed by atoms with Crippen LogP contribution < -0.4 is 11.1 Å². The van der Waals surface area contributed by atoms with Gasteiger partial charge in [0.2, 0.25) is 0 Å². The summed E-state index contributed by atoms with van der Waals surface area (Å²) in [5, 5.41) is 3.48. The van der Waals surface area contributed by atoms with Gasteiger partial charge in [-0.1, -0.05) is 13.3 Å². The maximum atomic E-state index is 5.99. The van der Waals surface area contributed by atoms with Crippen LogP contribution in [-0.4, -0.2) is 41.0 Å². The second kappa shape index (κ2) is 6.88. The van der Waals surface area contributed by atoms with Crippen molar-refractivity contribution in [2.24, 2.45) is 0 Å². The summed E-state index contributed by atoms with van der Waals surface area (Å²) in [6.07, 6.45) is 5.80. The summed E-state index contributed by atoms with van der Waals surface area (Å²) in [7, 11) is 2.20. The van der Waals surface area contributed by atoms with Crippen molar-refractivity contribution < 1.29 is 0 Å². The first-order chi connectivity index (χ1) is 9.61. The molecule has 2 rings (SSSR count). The number of aromatic nitrogens is 2. The number of rotatable bonds is 5. The molecule has 0 aliphatic carbocycles. The summed E-state index contributed by atoms with van der Waals surface area (Å²) in [5.41, 5.74) is 6.95. The largest absolute Gasteiger partial charge is 0.383 e. The number of nitrogens with two attached hydrogens (primary N) is 1. The van der Waals surface area contributed by atoms with E-state index < -0.39 is 0 Å². The fourth-order valence-corrected chi connectivity index (χ4v) is 2.71. The molecular weight excluding hydrogens is 250 g/mol. The van der Waals surface area contributed by atoms with Crippen molar-refractivity contribution in [2.75, 3.05) is 31.2 Å². The van der Waals surface area contributed by atoms with Crippen molar-refractivity contribution in [1.82, 2.24) is 14.9 Å². The molecule has 0 spiro atoms. The fourth-order valence-electron chi connectivity index (χ4n) is 2.71. The molecule has 1 saturated heterocycles. The highest BCUT2D eigenvalue weighted by atomic mass is 15.2. The van der Waals surface area contributed by atoms with Crippen LogP contribution in [0.25, 0.3) is 0 Å². The van der Waals surface area contributed by atoms with E-state index in [1.807, 2.05) is 6.92 Å². The number of nitrogens with zero attached hydrogens (tertiary/aromatic N) is 3. The molecule has 2 heterocycles. The molecular formula is C15H27N5. The Kier molecular flexibility index (Phi) is 5.17. The first-order valence-electron chi connectivity index (χ1n) is 7.69. The van der Waals surface area contributed by atoms with Gasteiger partial charge in [-0.2, -0.15) is 0 Å². The van der Waals surface area contributed by atoms with Crippen molar-refractivity contribution in [2.45, 2.75) is 52.0 Å². The first-order valence-corrected chi connectivity index (χ1v) is 7.69. The lowest BCUT2D eigenvalue weighted by atomic mass is 10.0. The van der Waals surface area contributed by atoms with Crippen LogP contribution >= 0.6 is 0 Å². The van der Waals surface area contributed by atoms with Gasteiger partial charge < -0.3 is 16.0 Å². The van der Waals surface area contributed by atoms with E-state index >= 15 is 0 Å². The van der Waals surface area contributed by atoms with Crippen LogP contribution in [0.3, 0.4) is 0 Å². The SMILES string of the molecule is CCCc1nc(N)c(C)c(NCC2CCCCN2C)n1. The van der Waals surface area contributed by atoms with Crippen LogP contribution in [0.4, 0.5) is 11.6 Å². The molecule has 1 aromatic rings. The highest BCUT2D eigenvalue weighted by Crippen LogP contribution is 2.20. The van der Waals surface area contributed by atoms with Crippen LogP contribution in [-0.2, 0) is 6.42 Å². The first kappa shape index (κ1) is 15.0. The van der Waals surface area contributed by atoms with E-state index in [9.17, 15) is 0 Å². The predicted molar refractivity (Wildman–Crippen MR) is 83.9 cm³/mol. The Bertz CT molecular complexity index is 446. The monoisotopic (exact) mass is 277 g/mol. The van der Waals surface area contributed by atoms with Gasteiger partial charge in [0.15, 0.2) is 0 Å². The molecule has 1 aromatic heterocycles. The molecule has 0 aromatic carbocycles. The number of piperidine rings is 1. The normalized spacial score (nSPS) is 20.1. The molecule has 5 nitrogen and oxygen atoms in total. The van der Waals surface area contributed by atoms with Crippen molar-refractivity contribution >= 4 is 11.6 Å². The van der Waals surface area contributed by atoms with Crippen LogP contribution in [0.15, 0.2) is 0 Å². The number of hydrogen-bond acceptors (Lipinski definition) is 5. The minimum Gasteiger partial charge on any atom is -0.383 e. The Labute approximate surface area is 122 Å². The maximum absolute atomic E-state index is 5.99. The molecule has 0 bridgehead atoms. The lowest BCUT2D eigenvalue weighted by Gasteiger charge is -2.32. The zero-order valence-electron chi connectivity index (χ0n) is 12.9. The minimum absolute atomic E-state index is 0.592. The molecule has 20 heavy (non-hydrogen) atoms. The van der Waals surface area contributed by atoms with Gasteiger partial charge in [0, 0.05) is 24.6 Å². The molecule has 0 saturated carbocycles. The van der Waals surface area contributed by atoms with E-state index in [4.69, 9.17) is 5.73 Å². The van der Waals surface area contributed by atoms with Crippen molar-refractivity contribution in [1.29, 1.82) is 0 Å². The zero-order chi connectivity index (χ0) is 14.5. The number of aryl methyl sites for hydroxylation is 1. The molecule has 3 N–H and O–H groups in total. The topological polar surface area (TPSA) is 67.1 Å². The quantitative estimate of drug-likeness (QED) is 0.864. The lowest BCUT2D eigenvalue weighted by Crippen LogP contribution is -2.41. The molecule has 1 fully saturated rings. The number of nitrogen functional groups attached to an aromatic ring is 1. The van der Waals surface area contributed by atoms with Crippen LogP contribution in [0.5, 0.6) is 0 Å². The zero-order valence-corrected chi connectivity index (χ0v) is 12.9. The number of likely N-dealkylation sites (tertiary alicyclic amines) is 1. The second-order valence-electron chi connectivity index (χ2n) is 5.76. The van der Waals surface area contributed by atoms with Gasteiger partial charge in [-0.3, -0.25) is 0 Å². The summed E-state index contributed by atoms with van der Waals surface area (Å²) in [5.74, 6) is 2.35. The third-order valence-electron chi connectivity index (χ3n) is 4.13. The standard InChI is InChI=1S/C15H27N5/c1-4-7-13-18-14(16)11(2)15(19-13)17-10-12-8-5-6-9-20(12)3/h12H,4-10H2,1-3H3,(H3,16,17,18,19). The summed E-state index contributed by atoms with van der Waals surface area (Å²) in [6, 6.07) is 0.592. The third-order valence-corrected chi connectivity index (χ3v) is 4.13. The molecule has 0 radical (unpaired) electrons. The number of nitrogens with one attached hydrogen (secondary N) is 1. The second-order valence-corrected chi connectivity index (χ2v) is 5.76. The van der Waals surface area contributed by atoms with Crippen molar-refractivity contribution in [3.63, 3.8) is 0 Å². The van der Waals surface area contributed by atoms with Gasteiger partial charge >= 0.3 is 0 Å². The molecule has 1 aliphatic rings. The van der Waals surface area contributed by atoms with E-state index in [0.29, 0.717) is 11.9 Å². The van der Waals surface area contributed by atoms with Gasteiger partial charge in [0.05, 0.1) is 0 Å². The van der Waals surface area contributed by atoms with Gasteiger partial charge in [-0.25, -0.2) is 9.97 Å². The fraction of sp³-hybridized carbons (Fsp3) is 0.733. The Morgan fingerprint density at radius 3 is 2.85 bits per heavy atom. The molecule has 0 amide bonds. The molecule has 1 atom stereocenters. The number of anilines is 2. The van der Waals surface area contributed by atoms with Crippen molar-refractivity contribution in [3.05, 3.63) is 11.4 Å². The van der Waals surface area contributed by atoms with Crippen molar-refractivity contribution in [3.8, 4) is 0 Å². The van der Waals surface area contributed by atoms with E-state index in [1.54, 1.807) is 0 Å². The summed E-state index contributed by atoms with van der Waals surface area (Å²) in [6.45, 7) is 6.24. The summed E-state index contributed by atoms with van der Waals surface area (Å²) < 4.78 is 0. The van der Waals surface area contributed by atoms with Crippen LogP contribution in [0, 0.1) is 6.92 Å². The third kappa shape index (κ3) is 3.60. The molecule has 1 unspecified atom stereocenters. The van der Waals surface area contributed by atoms with Gasteiger partial charge in [0.1, 0.15) is 17.5 Å². The highest BCUT2D eigenvalue weighted by molar-refractivity contribution is 5.54. The summed E-state index contributed by atoms with van der Waals surface area (Å²) in [4.78, 5) is 11.4. The Balaban J connectivity index is 2.04. The Morgan fingerprint density at radius 1 is 1.35 bits per heavy atom. The van der Waals surface area contributed by atoms with Gasteiger partial charge in [-0.05, 0) is 39.8 Å². The lowest BCUT2D eigenvalue weighted by molar-refractivity contribution is 0.194. The smallest absolute Gasteiger partial charge is 0.134 e. The molecule has 112 valence electrons.